The van der Waals surface area contributed by atoms with Gasteiger partial charge >= 0.3 is 5.97 Å². The minimum atomic E-state index is -0.706. The van der Waals surface area contributed by atoms with Crippen LogP contribution >= 0.6 is 0 Å². The molecule has 0 aliphatic heterocycles. The van der Waals surface area contributed by atoms with E-state index in [9.17, 15) is 9.90 Å². The van der Waals surface area contributed by atoms with Gasteiger partial charge in [-0.15, -0.1) is 0 Å². The van der Waals surface area contributed by atoms with E-state index >= 15 is 0 Å². The smallest absolute Gasteiger partial charge is 0.311 e. The van der Waals surface area contributed by atoms with Gasteiger partial charge in [0.25, 0.3) is 0 Å². The Hall–Kier alpha value is -0.610. The third-order valence-electron chi connectivity index (χ3n) is 2.36. The fraction of sp³-hybridized carbons (Fsp3) is 0.875. The molecule has 3 atom stereocenters. The van der Waals surface area contributed by atoms with Crippen LogP contribution in [0.3, 0.4) is 0 Å². The fourth-order valence-corrected chi connectivity index (χ4v) is 1.61. The molecular formula is C8H14O4. The van der Waals surface area contributed by atoms with Crippen LogP contribution in [0.25, 0.3) is 0 Å². The van der Waals surface area contributed by atoms with Crippen LogP contribution in [0.1, 0.15) is 12.8 Å². The van der Waals surface area contributed by atoms with Crippen molar-refractivity contribution < 1.29 is 19.4 Å². The van der Waals surface area contributed by atoms with Gasteiger partial charge < -0.3 is 14.6 Å². The van der Waals surface area contributed by atoms with Gasteiger partial charge in [0.2, 0.25) is 0 Å². The molecule has 1 saturated carbocycles. The number of carbonyl (C=O) groups excluding carboxylic acids is 1. The summed E-state index contributed by atoms with van der Waals surface area (Å²) < 4.78 is 9.53. The highest BCUT2D eigenvalue weighted by molar-refractivity contribution is 5.73. The first-order valence-electron chi connectivity index (χ1n) is 3.99. The highest BCUT2D eigenvalue weighted by Gasteiger charge is 2.39. The molecular weight excluding hydrogens is 160 g/mol. The molecule has 1 fully saturated rings. The Morgan fingerprint density at radius 3 is 2.50 bits per heavy atom. The molecule has 0 unspecified atom stereocenters. The fourth-order valence-electron chi connectivity index (χ4n) is 1.61. The van der Waals surface area contributed by atoms with Gasteiger partial charge in [-0.1, -0.05) is 0 Å². The van der Waals surface area contributed by atoms with E-state index < -0.39 is 12.0 Å². The molecule has 0 bridgehead atoms. The molecule has 0 aromatic rings. The molecule has 0 aromatic heterocycles. The van der Waals surface area contributed by atoms with Gasteiger partial charge in [-0.25, -0.2) is 0 Å². The highest BCUT2D eigenvalue weighted by atomic mass is 16.5. The van der Waals surface area contributed by atoms with Gasteiger partial charge in [0.15, 0.2) is 0 Å². The molecule has 4 heteroatoms. The lowest BCUT2D eigenvalue weighted by Crippen LogP contribution is -2.31. The van der Waals surface area contributed by atoms with Crippen LogP contribution < -0.4 is 0 Å². The van der Waals surface area contributed by atoms with E-state index in [2.05, 4.69) is 4.74 Å². The largest absolute Gasteiger partial charge is 0.469 e. The summed E-state index contributed by atoms with van der Waals surface area (Å²) in [5, 5.41) is 9.52. The second-order valence-electron chi connectivity index (χ2n) is 2.97. The van der Waals surface area contributed by atoms with Crippen molar-refractivity contribution >= 4 is 5.97 Å². The minimum Gasteiger partial charge on any atom is -0.469 e. The molecule has 0 radical (unpaired) electrons. The summed E-state index contributed by atoms with van der Waals surface area (Å²) in [5.41, 5.74) is 0. The Bertz CT molecular complexity index is 168. The molecule has 1 rings (SSSR count). The lowest BCUT2D eigenvalue weighted by atomic mass is 10.1. The molecule has 1 aliphatic carbocycles. The predicted octanol–water partition coefficient (Wildman–Crippen LogP) is -0.0547. The molecule has 0 saturated heterocycles. The van der Waals surface area contributed by atoms with Gasteiger partial charge in [0.1, 0.15) is 0 Å². The maximum Gasteiger partial charge on any atom is 0.311 e. The summed E-state index contributed by atoms with van der Waals surface area (Å²) in [6.45, 7) is 0. The number of rotatable bonds is 2. The highest BCUT2D eigenvalue weighted by Crippen LogP contribution is 2.28. The summed E-state index contributed by atoms with van der Waals surface area (Å²) in [6.07, 6.45) is 0.445. The zero-order valence-electron chi connectivity index (χ0n) is 7.32. The lowest BCUT2D eigenvalue weighted by molar-refractivity contribution is -0.149. The second-order valence-corrected chi connectivity index (χ2v) is 2.97. The van der Waals surface area contributed by atoms with Gasteiger partial charge in [0, 0.05) is 7.11 Å². The van der Waals surface area contributed by atoms with E-state index in [-0.39, 0.29) is 12.1 Å². The number of methoxy groups -OCH3 is 2. The predicted molar refractivity (Wildman–Crippen MR) is 41.5 cm³/mol. The van der Waals surface area contributed by atoms with Gasteiger partial charge in [-0.05, 0) is 12.8 Å². The minimum absolute atomic E-state index is 0.214. The molecule has 1 aliphatic rings. The van der Waals surface area contributed by atoms with Crippen molar-refractivity contribution in [3.8, 4) is 0 Å². The number of ether oxygens (including phenoxy) is 2. The van der Waals surface area contributed by atoms with E-state index in [1.807, 2.05) is 0 Å². The summed E-state index contributed by atoms with van der Waals surface area (Å²) in [7, 11) is 2.86. The first kappa shape index (κ1) is 9.48. The lowest BCUT2D eigenvalue weighted by Gasteiger charge is -2.16. The Kier molecular flexibility index (Phi) is 3.05. The average molecular weight is 174 g/mol. The Morgan fingerprint density at radius 1 is 1.42 bits per heavy atom. The van der Waals surface area contributed by atoms with E-state index in [1.165, 1.54) is 14.2 Å². The molecule has 70 valence electrons. The molecule has 4 nitrogen and oxygen atoms in total. The average Bonchev–Trinajstić information content (AvgIpc) is 2.45. The van der Waals surface area contributed by atoms with Crippen molar-refractivity contribution in [2.75, 3.05) is 14.2 Å². The molecule has 1 N–H and O–H groups in total. The Labute approximate surface area is 71.5 Å². The third-order valence-corrected chi connectivity index (χ3v) is 2.36. The van der Waals surface area contributed by atoms with E-state index in [4.69, 9.17) is 4.74 Å². The Balaban J connectivity index is 2.54. The first-order chi connectivity index (χ1) is 5.70. The molecule has 12 heavy (non-hydrogen) atoms. The molecule has 0 heterocycles. The van der Waals surface area contributed by atoms with Crippen molar-refractivity contribution in [2.45, 2.75) is 25.0 Å². The van der Waals surface area contributed by atoms with Gasteiger partial charge in [0.05, 0.1) is 25.2 Å². The number of aliphatic hydroxyl groups is 1. The van der Waals surface area contributed by atoms with E-state index in [0.29, 0.717) is 6.42 Å². The maximum absolute atomic E-state index is 11.0. The van der Waals surface area contributed by atoms with Crippen LogP contribution in [0.2, 0.25) is 0 Å². The SMILES string of the molecule is COC(=O)[C@H]1CC[C@@H](OC)[C@@H]1O. The monoisotopic (exact) mass is 174 g/mol. The third kappa shape index (κ3) is 1.59. The number of hydrogen-bond donors (Lipinski definition) is 1. The van der Waals surface area contributed by atoms with Crippen LogP contribution in [0, 0.1) is 5.92 Å². The Morgan fingerprint density at radius 2 is 2.08 bits per heavy atom. The zero-order chi connectivity index (χ0) is 9.14. The van der Waals surface area contributed by atoms with E-state index in [1.54, 1.807) is 0 Å². The van der Waals surface area contributed by atoms with Crippen molar-refractivity contribution in [1.29, 1.82) is 0 Å². The zero-order valence-corrected chi connectivity index (χ0v) is 7.32. The summed E-state index contributed by atoms with van der Waals surface area (Å²) in [5.74, 6) is -0.748. The van der Waals surface area contributed by atoms with Gasteiger partial charge in [-0.2, -0.15) is 0 Å². The molecule has 0 aromatic carbocycles. The van der Waals surface area contributed by atoms with Crippen LogP contribution in [0.15, 0.2) is 0 Å². The van der Waals surface area contributed by atoms with Crippen molar-refractivity contribution in [3.63, 3.8) is 0 Å². The number of hydrogen-bond acceptors (Lipinski definition) is 4. The normalized spacial score (nSPS) is 35.1. The number of aliphatic hydroxyl groups excluding tert-OH is 1. The van der Waals surface area contributed by atoms with E-state index in [0.717, 1.165) is 6.42 Å². The van der Waals surface area contributed by atoms with Crippen LogP contribution in [-0.2, 0) is 14.3 Å². The first-order valence-corrected chi connectivity index (χ1v) is 3.99. The van der Waals surface area contributed by atoms with Crippen LogP contribution in [0.5, 0.6) is 0 Å². The molecule has 0 spiro atoms. The summed E-state index contributed by atoms with van der Waals surface area (Å²) >= 11 is 0. The number of carbonyl (C=O) groups is 1. The standard InChI is InChI=1S/C8H14O4/c1-11-6-4-3-5(7(6)9)8(10)12-2/h5-7,9H,3-4H2,1-2H3/t5-,6+,7+/m0/s1. The quantitative estimate of drug-likeness (QED) is 0.596. The van der Waals surface area contributed by atoms with Crippen LogP contribution in [0.4, 0.5) is 0 Å². The van der Waals surface area contributed by atoms with Crippen molar-refractivity contribution in [2.24, 2.45) is 5.92 Å². The second kappa shape index (κ2) is 3.87. The van der Waals surface area contributed by atoms with Crippen molar-refractivity contribution in [1.82, 2.24) is 0 Å². The van der Waals surface area contributed by atoms with Crippen LogP contribution in [-0.4, -0.2) is 37.5 Å². The number of esters is 1. The summed E-state index contributed by atoms with van der Waals surface area (Å²) in [6, 6.07) is 0. The maximum atomic E-state index is 11.0. The van der Waals surface area contributed by atoms with Gasteiger partial charge in [-0.3, -0.25) is 4.79 Å². The van der Waals surface area contributed by atoms with Crippen molar-refractivity contribution in [3.05, 3.63) is 0 Å². The summed E-state index contributed by atoms with van der Waals surface area (Å²) in [4.78, 5) is 11.0. The topological polar surface area (TPSA) is 55.8 Å². The molecule has 0 amide bonds.